The number of hydrogen-bond donors (Lipinski definition) is 1. The number of nitrogens with one attached hydrogen (secondary N) is 1. The summed E-state index contributed by atoms with van der Waals surface area (Å²) in [6, 6.07) is 10.5. The monoisotopic (exact) mass is 282 g/mol. The van der Waals surface area contributed by atoms with Crippen LogP contribution in [0.2, 0.25) is 0 Å². The first-order valence-electron chi connectivity index (χ1n) is 7.59. The van der Waals surface area contributed by atoms with Crippen LogP contribution in [0.5, 0.6) is 5.75 Å². The van der Waals surface area contributed by atoms with Gasteiger partial charge in [0, 0.05) is 29.7 Å². The molecule has 0 spiro atoms. The van der Waals surface area contributed by atoms with Crippen LogP contribution in [0.1, 0.15) is 29.7 Å². The molecule has 3 nitrogen and oxygen atoms in total. The number of hydrogen-bond acceptors (Lipinski definition) is 3. The maximum atomic E-state index is 6.00. The molecule has 1 aliphatic carbocycles. The average molecular weight is 282 g/mol. The second kappa shape index (κ2) is 6.17. The second-order valence-electron chi connectivity index (χ2n) is 5.91. The van der Waals surface area contributed by atoms with Gasteiger partial charge in [-0.3, -0.25) is 4.98 Å². The summed E-state index contributed by atoms with van der Waals surface area (Å²) in [7, 11) is 0. The summed E-state index contributed by atoms with van der Waals surface area (Å²) in [6.45, 7) is 5.73. The lowest BCUT2D eigenvalue weighted by Gasteiger charge is -2.14. The summed E-state index contributed by atoms with van der Waals surface area (Å²) in [5.41, 5.74) is 4.56. The van der Waals surface area contributed by atoms with E-state index in [9.17, 15) is 0 Å². The minimum Gasteiger partial charge on any atom is -0.493 e. The van der Waals surface area contributed by atoms with Gasteiger partial charge in [-0.05, 0) is 56.4 Å². The molecule has 1 aromatic carbocycles. The van der Waals surface area contributed by atoms with Crippen LogP contribution in [0.25, 0.3) is 0 Å². The molecular formula is C18H22N2O. The fourth-order valence-corrected chi connectivity index (χ4v) is 2.29. The molecule has 1 aromatic heterocycles. The average Bonchev–Trinajstić information content (AvgIpc) is 3.28. The number of pyridine rings is 1. The van der Waals surface area contributed by atoms with Gasteiger partial charge in [-0.25, -0.2) is 0 Å². The Hall–Kier alpha value is -2.03. The van der Waals surface area contributed by atoms with E-state index in [2.05, 4.69) is 41.5 Å². The Balaban J connectivity index is 1.68. The van der Waals surface area contributed by atoms with Crippen LogP contribution >= 0.6 is 0 Å². The molecule has 0 amide bonds. The molecule has 3 heteroatoms. The van der Waals surface area contributed by atoms with E-state index in [1.165, 1.54) is 24.0 Å². The molecule has 110 valence electrons. The Kier molecular flexibility index (Phi) is 4.09. The molecule has 1 N–H and O–H groups in total. The first kappa shape index (κ1) is 13.9. The molecular weight excluding hydrogens is 260 g/mol. The highest BCUT2D eigenvalue weighted by molar-refractivity contribution is 5.46. The number of aryl methyl sites for hydroxylation is 2. The first-order chi connectivity index (χ1) is 10.2. The summed E-state index contributed by atoms with van der Waals surface area (Å²) < 4.78 is 6.00. The summed E-state index contributed by atoms with van der Waals surface area (Å²) in [5.74, 6) is 1.79. The van der Waals surface area contributed by atoms with E-state index in [0.717, 1.165) is 36.2 Å². The van der Waals surface area contributed by atoms with Gasteiger partial charge >= 0.3 is 0 Å². The molecule has 0 radical (unpaired) electrons. The van der Waals surface area contributed by atoms with E-state index >= 15 is 0 Å². The number of benzene rings is 1. The van der Waals surface area contributed by atoms with Crippen molar-refractivity contribution in [3.8, 4) is 5.75 Å². The predicted molar refractivity (Wildman–Crippen MR) is 85.7 cm³/mol. The maximum Gasteiger partial charge on any atom is 0.124 e. The van der Waals surface area contributed by atoms with Crippen LogP contribution in [-0.4, -0.2) is 11.6 Å². The number of aromatic nitrogens is 1. The summed E-state index contributed by atoms with van der Waals surface area (Å²) >= 11 is 0. The Morgan fingerprint density at radius 2 is 2.05 bits per heavy atom. The minimum atomic E-state index is 0.768. The normalized spacial score (nSPS) is 14.0. The van der Waals surface area contributed by atoms with Gasteiger partial charge in [0.2, 0.25) is 0 Å². The van der Waals surface area contributed by atoms with Gasteiger partial charge in [0.25, 0.3) is 0 Å². The molecule has 1 aliphatic rings. The number of rotatable bonds is 6. The lowest BCUT2D eigenvalue weighted by molar-refractivity contribution is 0.297. The highest BCUT2D eigenvalue weighted by atomic mass is 16.5. The summed E-state index contributed by atoms with van der Waals surface area (Å²) in [4.78, 5) is 4.22. The van der Waals surface area contributed by atoms with Gasteiger partial charge in [-0.1, -0.05) is 12.1 Å². The van der Waals surface area contributed by atoms with Crippen molar-refractivity contribution in [3.05, 3.63) is 53.3 Å². The van der Waals surface area contributed by atoms with Crippen molar-refractivity contribution in [2.75, 3.05) is 11.9 Å². The van der Waals surface area contributed by atoms with Crippen molar-refractivity contribution in [1.29, 1.82) is 0 Å². The quantitative estimate of drug-likeness (QED) is 0.866. The van der Waals surface area contributed by atoms with Crippen LogP contribution in [-0.2, 0) is 6.54 Å². The largest absolute Gasteiger partial charge is 0.493 e. The van der Waals surface area contributed by atoms with E-state index < -0.39 is 0 Å². The smallest absolute Gasteiger partial charge is 0.124 e. The van der Waals surface area contributed by atoms with E-state index in [0.29, 0.717) is 0 Å². The Bertz CT molecular complexity index is 620. The third-order valence-corrected chi connectivity index (χ3v) is 3.77. The minimum absolute atomic E-state index is 0.768. The summed E-state index contributed by atoms with van der Waals surface area (Å²) in [6.07, 6.45) is 4.46. The van der Waals surface area contributed by atoms with Gasteiger partial charge in [-0.2, -0.15) is 0 Å². The summed E-state index contributed by atoms with van der Waals surface area (Å²) in [5, 5.41) is 3.44. The fourth-order valence-electron chi connectivity index (χ4n) is 2.29. The SMILES string of the molecule is Cc1ccc(CNc2ccnc(C)c2)c(OCC2CC2)c1. The molecule has 0 unspecified atom stereocenters. The van der Waals surface area contributed by atoms with Gasteiger partial charge in [0.15, 0.2) is 0 Å². The predicted octanol–water partition coefficient (Wildman–Crippen LogP) is 4.10. The van der Waals surface area contributed by atoms with Gasteiger partial charge < -0.3 is 10.1 Å². The van der Waals surface area contributed by atoms with E-state index in [-0.39, 0.29) is 0 Å². The second-order valence-corrected chi connectivity index (χ2v) is 5.91. The van der Waals surface area contributed by atoms with Gasteiger partial charge in [0.1, 0.15) is 5.75 Å². The Morgan fingerprint density at radius 3 is 2.81 bits per heavy atom. The maximum absolute atomic E-state index is 6.00. The van der Waals surface area contributed by atoms with Crippen LogP contribution in [0.3, 0.4) is 0 Å². The standard InChI is InChI=1S/C18H22N2O/c1-13-3-6-16(18(9-13)21-12-15-4-5-15)11-20-17-7-8-19-14(2)10-17/h3,6-10,15H,4-5,11-12H2,1-2H3,(H,19,20). The Labute approximate surface area is 126 Å². The fraction of sp³-hybridized carbons (Fsp3) is 0.389. The zero-order chi connectivity index (χ0) is 14.7. The highest BCUT2D eigenvalue weighted by Crippen LogP contribution is 2.31. The van der Waals surface area contributed by atoms with E-state index in [4.69, 9.17) is 4.74 Å². The molecule has 0 bridgehead atoms. The molecule has 21 heavy (non-hydrogen) atoms. The third-order valence-electron chi connectivity index (χ3n) is 3.77. The van der Waals surface area contributed by atoms with Crippen molar-refractivity contribution in [2.24, 2.45) is 5.92 Å². The van der Waals surface area contributed by atoms with Crippen molar-refractivity contribution in [1.82, 2.24) is 4.98 Å². The lowest BCUT2D eigenvalue weighted by Crippen LogP contribution is -2.06. The number of ether oxygens (including phenoxy) is 1. The van der Waals surface area contributed by atoms with E-state index in [1.54, 1.807) is 0 Å². The van der Waals surface area contributed by atoms with Crippen LogP contribution in [0.4, 0.5) is 5.69 Å². The van der Waals surface area contributed by atoms with Crippen molar-refractivity contribution in [2.45, 2.75) is 33.2 Å². The van der Waals surface area contributed by atoms with Gasteiger partial charge in [-0.15, -0.1) is 0 Å². The van der Waals surface area contributed by atoms with Crippen LogP contribution < -0.4 is 10.1 Å². The van der Waals surface area contributed by atoms with Crippen molar-refractivity contribution < 1.29 is 4.74 Å². The molecule has 1 saturated carbocycles. The zero-order valence-corrected chi connectivity index (χ0v) is 12.7. The van der Waals surface area contributed by atoms with Gasteiger partial charge in [0.05, 0.1) is 6.61 Å². The molecule has 1 heterocycles. The first-order valence-corrected chi connectivity index (χ1v) is 7.59. The lowest BCUT2D eigenvalue weighted by atomic mass is 10.1. The van der Waals surface area contributed by atoms with Crippen LogP contribution in [0.15, 0.2) is 36.5 Å². The van der Waals surface area contributed by atoms with Crippen molar-refractivity contribution >= 4 is 5.69 Å². The molecule has 0 aliphatic heterocycles. The number of anilines is 1. The molecule has 3 rings (SSSR count). The van der Waals surface area contributed by atoms with E-state index in [1.807, 2.05) is 19.2 Å². The Morgan fingerprint density at radius 1 is 1.19 bits per heavy atom. The third kappa shape index (κ3) is 3.97. The molecule has 1 fully saturated rings. The van der Waals surface area contributed by atoms with Crippen molar-refractivity contribution in [3.63, 3.8) is 0 Å². The zero-order valence-electron chi connectivity index (χ0n) is 12.7. The highest BCUT2D eigenvalue weighted by Gasteiger charge is 2.22. The topological polar surface area (TPSA) is 34.2 Å². The van der Waals surface area contributed by atoms with Crippen LogP contribution in [0, 0.1) is 19.8 Å². The molecule has 0 saturated heterocycles. The number of nitrogens with zero attached hydrogens (tertiary/aromatic N) is 1. The molecule has 2 aromatic rings. The molecule has 0 atom stereocenters.